The van der Waals surface area contributed by atoms with Crippen molar-refractivity contribution in [3.05, 3.63) is 28.3 Å². The van der Waals surface area contributed by atoms with E-state index in [1.165, 1.54) is 12.1 Å². The standard InChI is InChI=1S/C13H15N3O4/c17-6-5-13(3-4-13)8-14-12-15-10-7-9(16(18)19)1-2-11(10)20-12/h1-2,7,17H,3-6,8H2,(H,14,15). The van der Waals surface area contributed by atoms with Crippen LogP contribution in [0.5, 0.6) is 0 Å². The molecular weight excluding hydrogens is 262 g/mol. The first-order chi connectivity index (χ1) is 9.62. The molecule has 7 nitrogen and oxygen atoms in total. The third-order valence-electron chi connectivity index (χ3n) is 3.80. The monoisotopic (exact) mass is 277 g/mol. The number of nitrogens with zero attached hydrogens (tertiary/aromatic N) is 2. The zero-order valence-corrected chi connectivity index (χ0v) is 10.8. The minimum atomic E-state index is -0.457. The fourth-order valence-electron chi connectivity index (χ4n) is 2.30. The number of hydrogen-bond acceptors (Lipinski definition) is 6. The summed E-state index contributed by atoms with van der Waals surface area (Å²) in [5.41, 5.74) is 1.14. The van der Waals surface area contributed by atoms with Gasteiger partial charge in [-0.2, -0.15) is 4.98 Å². The first-order valence-corrected chi connectivity index (χ1v) is 6.52. The number of hydrogen-bond donors (Lipinski definition) is 2. The first kappa shape index (κ1) is 12.9. The van der Waals surface area contributed by atoms with E-state index in [1.54, 1.807) is 6.07 Å². The van der Waals surface area contributed by atoms with Gasteiger partial charge in [0.15, 0.2) is 5.58 Å². The Bertz CT molecular complexity index is 648. The number of aliphatic hydroxyl groups excluding tert-OH is 1. The molecule has 1 aliphatic rings. The Balaban J connectivity index is 1.74. The van der Waals surface area contributed by atoms with Crippen molar-refractivity contribution in [1.29, 1.82) is 0 Å². The number of anilines is 1. The molecule has 1 heterocycles. The second kappa shape index (κ2) is 4.75. The second-order valence-corrected chi connectivity index (χ2v) is 5.26. The van der Waals surface area contributed by atoms with Gasteiger partial charge in [0.1, 0.15) is 5.52 Å². The Hall–Kier alpha value is -2.15. The number of nitrogens with one attached hydrogen (secondary N) is 1. The van der Waals surface area contributed by atoms with Gasteiger partial charge in [-0.3, -0.25) is 10.1 Å². The normalized spacial score (nSPS) is 16.2. The Morgan fingerprint density at radius 2 is 2.30 bits per heavy atom. The van der Waals surface area contributed by atoms with Crippen LogP contribution in [0.1, 0.15) is 19.3 Å². The van der Waals surface area contributed by atoms with Gasteiger partial charge >= 0.3 is 0 Å². The SMILES string of the molecule is O=[N+]([O-])c1ccc2oc(NCC3(CCO)CC3)nc2c1. The van der Waals surface area contributed by atoms with E-state index in [4.69, 9.17) is 9.52 Å². The number of fused-ring (bicyclic) bond motifs is 1. The van der Waals surface area contributed by atoms with E-state index in [-0.39, 0.29) is 17.7 Å². The lowest BCUT2D eigenvalue weighted by atomic mass is 10.0. The van der Waals surface area contributed by atoms with Crippen molar-refractivity contribution in [2.45, 2.75) is 19.3 Å². The molecule has 0 spiro atoms. The number of benzene rings is 1. The van der Waals surface area contributed by atoms with Crippen LogP contribution in [0.25, 0.3) is 11.1 Å². The third kappa shape index (κ3) is 2.44. The van der Waals surface area contributed by atoms with Crippen LogP contribution in [-0.4, -0.2) is 28.2 Å². The summed E-state index contributed by atoms with van der Waals surface area (Å²) in [6.45, 7) is 0.879. The van der Waals surface area contributed by atoms with E-state index in [1.807, 2.05) is 0 Å². The number of oxazole rings is 1. The summed E-state index contributed by atoms with van der Waals surface area (Å²) in [6.07, 6.45) is 2.95. The molecule has 20 heavy (non-hydrogen) atoms. The van der Waals surface area contributed by atoms with Gasteiger partial charge in [-0.1, -0.05) is 0 Å². The van der Waals surface area contributed by atoms with Crippen molar-refractivity contribution >= 4 is 22.8 Å². The quantitative estimate of drug-likeness (QED) is 0.620. The van der Waals surface area contributed by atoms with Crippen LogP contribution in [0.15, 0.2) is 22.6 Å². The molecule has 0 atom stereocenters. The molecule has 106 valence electrons. The average Bonchev–Trinajstić information content (AvgIpc) is 3.06. The Kier molecular flexibility index (Phi) is 3.06. The lowest BCUT2D eigenvalue weighted by Crippen LogP contribution is -2.16. The molecule has 0 unspecified atom stereocenters. The van der Waals surface area contributed by atoms with Crippen LogP contribution in [0.2, 0.25) is 0 Å². The van der Waals surface area contributed by atoms with Gasteiger partial charge < -0.3 is 14.8 Å². The van der Waals surface area contributed by atoms with Crippen LogP contribution in [-0.2, 0) is 0 Å². The lowest BCUT2D eigenvalue weighted by molar-refractivity contribution is -0.384. The topological polar surface area (TPSA) is 101 Å². The van der Waals surface area contributed by atoms with E-state index in [0.717, 1.165) is 19.3 Å². The van der Waals surface area contributed by atoms with Crippen molar-refractivity contribution in [2.24, 2.45) is 5.41 Å². The van der Waals surface area contributed by atoms with Gasteiger partial charge in [0.25, 0.3) is 11.7 Å². The molecule has 0 aliphatic heterocycles. The van der Waals surface area contributed by atoms with Gasteiger partial charge in [-0.25, -0.2) is 0 Å². The van der Waals surface area contributed by atoms with Crippen molar-refractivity contribution in [1.82, 2.24) is 4.98 Å². The molecule has 0 bridgehead atoms. The minimum absolute atomic E-state index is 0.00343. The largest absolute Gasteiger partial charge is 0.424 e. The minimum Gasteiger partial charge on any atom is -0.424 e. The highest BCUT2D eigenvalue weighted by Crippen LogP contribution is 2.48. The summed E-state index contributed by atoms with van der Waals surface area (Å²) in [5.74, 6) is 0. The van der Waals surface area contributed by atoms with E-state index in [2.05, 4.69) is 10.3 Å². The molecule has 0 radical (unpaired) electrons. The summed E-state index contributed by atoms with van der Waals surface area (Å²) in [4.78, 5) is 14.4. The highest BCUT2D eigenvalue weighted by atomic mass is 16.6. The van der Waals surface area contributed by atoms with Gasteiger partial charge in [0.05, 0.1) is 4.92 Å². The molecule has 1 saturated carbocycles. The summed E-state index contributed by atoms with van der Waals surface area (Å²) >= 11 is 0. The summed E-state index contributed by atoms with van der Waals surface area (Å²) in [7, 11) is 0. The molecule has 7 heteroatoms. The second-order valence-electron chi connectivity index (χ2n) is 5.26. The van der Waals surface area contributed by atoms with Crippen molar-refractivity contribution in [3.63, 3.8) is 0 Å². The Morgan fingerprint density at radius 3 is 2.95 bits per heavy atom. The summed E-state index contributed by atoms with van der Waals surface area (Å²) < 4.78 is 5.50. The average molecular weight is 277 g/mol. The van der Waals surface area contributed by atoms with Crippen LogP contribution in [0.4, 0.5) is 11.7 Å². The zero-order valence-electron chi connectivity index (χ0n) is 10.8. The van der Waals surface area contributed by atoms with Crippen LogP contribution < -0.4 is 5.32 Å². The van der Waals surface area contributed by atoms with Crippen molar-refractivity contribution in [2.75, 3.05) is 18.5 Å². The smallest absolute Gasteiger partial charge is 0.295 e. The lowest BCUT2D eigenvalue weighted by Gasteiger charge is -2.12. The Morgan fingerprint density at radius 1 is 1.50 bits per heavy atom. The maximum absolute atomic E-state index is 10.7. The molecule has 1 fully saturated rings. The van der Waals surface area contributed by atoms with E-state index in [0.29, 0.717) is 23.7 Å². The number of nitro groups is 1. The fraction of sp³-hybridized carbons (Fsp3) is 0.462. The van der Waals surface area contributed by atoms with Gasteiger partial charge in [0.2, 0.25) is 0 Å². The predicted octanol–water partition coefficient (Wildman–Crippen LogP) is 2.31. The molecular formula is C13H15N3O4. The summed E-state index contributed by atoms with van der Waals surface area (Å²) in [6, 6.07) is 4.70. The molecule has 0 saturated heterocycles. The van der Waals surface area contributed by atoms with Crippen LogP contribution in [0.3, 0.4) is 0 Å². The van der Waals surface area contributed by atoms with E-state index < -0.39 is 4.92 Å². The fourth-order valence-corrected chi connectivity index (χ4v) is 2.30. The maximum atomic E-state index is 10.7. The van der Waals surface area contributed by atoms with Crippen LogP contribution >= 0.6 is 0 Å². The van der Waals surface area contributed by atoms with Gasteiger partial charge in [-0.15, -0.1) is 0 Å². The van der Waals surface area contributed by atoms with E-state index >= 15 is 0 Å². The molecule has 1 aromatic heterocycles. The van der Waals surface area contributed by atoms with Gasteiger partial charge in [-0.05, 0) is 30.7 Å². The van der Waals surface area contributed by atoms with Gasteiger partial charge in [0, 0.05) is 25.3 Å². The Labute approximate surface area is 114 Å². The molecule has 1 aliphatic carbocycles. The number of aliphatic hydroxyl groups is 1. The maximum Gasteiger partial charge on any atom is 0.295 e. The third-order valence-corrected chi connectivity index (χ3v) is 3.80. The van der Waals surface area contributed by atoms with Crippen molar-refractivity contribution < 1.29 is 14.4 Å². The highest BCUT2D eigenvalue weighted by molar-refractivity contribution is 5.77. The number of rotatable bonds is 6. The van der Waals surface area contributed by atoms with Crippen molar-refractivity contribution in [3.8, 4) is 0 Å². The predicted molar refractivity (Wildman–Crippen MR) is 72.5 cm³/mol. The highest BCUT2D eigenvalue weighted by Gasteiger charge is 2.41. The first-order valence-electron chi connectivity index (χ1n) is 6.52. The molecule has 2 aromatic rings. The number of nitro benzene ring substituents is 1. The zero-order chi connectivity index (χ0) is 14.2. The molecule has 1 aromatic carbocycles. The van der Waals surface area contributed by atoms with Crippen LogP contribution in [0, 0.1) is 15.5 Å². The summed E-state index contributed by atoms with van der Waals surface area (Å²) in [5, 5.41) is 22.8. The number of aromatic nitrogens is 1. The van der Waals surface area contributed by atoms with E-state index in [9.17, 15) is 10.1 Å². The molecule has 2 N–H and O–H groups in total. The number of non-ortho nitro benzene ring substituents is 1. The molecule has 0 amide bonds. The molecule has 3 rings (SSSR count).